The van der Waals surface area contributed by atoms with E-state index in [2.05, 4.69) is 4.90 Å². The summed E-state index contributed by atoms with van der Waals surface area (Å²) in [6.45, 7) is 3.90. The lowest BCUT2D eigenvalue weighted by Gasteiger charge is -2.39. The van der Waals surface area contributed by atoms with Crippen molar-refractivity contribution in [3.63, 3.8) is 0 Å². The Bertz CT molecular complexity index is 678. The number of amides is 1. The van der Waals surface area contributed by atoms with Crippen LogP contribution in [0.3, 0.4) is 0 Å². The Morgan fingerprint density at radius 1 is 1.39 bits per heavy atom. The second kappa shape index (κ2) is 10.0. The molecule has 0 spiro atoms. The van der Waals surface area contributed by atoms with Gasteiger partial charge in [-0.05, 0) is 31.4 Å². The molecule has 2 aliphatic rings. The molecule has 1 amide bonds. The third-order valence-corrected chi connectivity index (χ3v) is 5.42. The second-order valence-electron chi connectivity index (χ2n) is 7.37. The lowest BCUT2D eigenvalue weighted by Crippen LogP contribution is -2.53. The van der Waals surface area contributed by atoms with E-state index in [-0.39, 0.29) is 17.8 Å². The smallest absolute Gasteiger partial charge is 0.246 e. The highest BCUT2D eigenvalue weighted by Gasteiger charge is 2.36. The van der Waals surface area contributed by atoms with E-state index in [1.165, 1.54) is 12.1 Å². The van der Waals surface area contributed by atoms with Gasteiger partial charge in [0, 0.05) is 38.8 Å². The van der Waals surface area contributed by atoms with Gasteiger partial charge in [0.2, 0.25) is 5.91 Å². The number of halogens is 1. The van der Waals surface area contributed by atoms with Crippen LogP contribution in [0, 0.1) is 5.82 Å². The summed E-state index contributed by atoms with van der Waals surface area (Å²) in [7, 11) is 1.71. The molecular formula is C21H29FN2O4. The molecule has 0 radical (unpaired) electrons. The first-order valence-electron chi connectivity index (χ1n) is 9.88. The minimum Gasteiger partial charge on any atom is -0.488 e. The lowest BCUT2D eigenvalue weighted by atomic mass is 9.89. The Kier molecular flexibility index (Phi) is 7.42. The SMILES string of the molecule is CN(C(=O)C=CCN1CCOCC1)[C@@H]1CCC[C@@H](Oc2cccc(F)c2)[C@@H]1O. The van der Waals surface area contributed by atoms with Crippen molar-refractivity contribution in [1.29, 1.82) is 0 Å². The number of nitrogens with zero attached hydrogens (tertiary/aromatic N) is 2. The summed E-state index contributed by atoms with van der Waals surface area (Å²) >= 11 is 0. The van der Waals surface area contributed by atoms with Crippen molar-refractivity contribution in [2.24, 2.45) is 0 Å². The Morgan fingerprint density at radius 2 is 2.18 bits per heavy atom. The van der Waals surface area contributed by atoms with Crippen molar-refractivity contribution in [3.05, 3.63) is 42.2 Å². The summed E-state index contributed by atoms with van der Waals surface area (Å²) < 4.78 is 24.5. The van der Waals surface area contributed by atoms with Crippen LogP contribution in [0.4, 0.5) is 4.39 Å². The van der Waals surface area contributed by atoms with Gasteiger partial charge in [0.05, 0.1) is 19.3 Å². The summed E-state index contributed by atoms with van der Waals surface area (Å²) in [5.74, 6) is -0.121. The molecule has 1 heterocycles. The normalized spacial score (nSPS) is 26.3. The minimum atomic E-state index is -0.821. The molecule has 6 nitrogen and oxygen atoms in total. The van der Waals surface area contributed by atoms with E-state index in [4.69, 9.17) is 9.47 Å². The zero-order chi connectivity index (χ0) is 19.9. The maximum absolute atomic E-state index is 13.4. The predicted molar refractivity (Wildman–Crippen MR) is 104 cm³/mol. The van der Waals surface area contributed by atoms with E-state index in [0.717, 1.165) is 32.7 Å². The maximum Gasteiger partial charge on any atom is 0.246 e. The molecule has 0 unspecified atom stereocenters. The number of aliphatic hydroxyl groups is 1. The van der Waals surface area contributed by atoms with Gasteiger partial charge in [0.25, 0.3) is 0 Å². The quantitative estimate of drug-likeness (QED) is 0.749. The Balaban J connectivity index is 1.54. The molecule has 1 aliphatic heterocycles. The number of hydrogen-bond donors (Lipinski definition) is 1. The Hall–Kier alpha value is -1.96. The number of hydrogen-bond acceptors (Lipinski definition) is 5. The molecule has 7 heteroatoms. The van der Waals surface area contributed by atoms with Crippen molar-refractivity contribution in [3.8, 4) is 5.75 Å². The largest absolute Gasteiger partial charge is 0.488 e. The molecule has 3 rings (SSSR count). The van der Waals surface area contributed by atoms with Crippen molar-refractivity contribution >= 4 is 5.91 Å². The van der Waals surface area contributed by atoms with E-state index in [1.54, 1.807) is 30.2 Å². The van der Waals surface area contributed by atoms with Crippen LogP contribution < -0.4 is 4.74 Å². The monoisotopic (exact) mass is 392 g/mol. The first kappa shape index (κ1) is 20.8. The lowest BCUT2D eigenvalue weighted by molar-refractivity contribution is -0.132. The number of carbonyl (C=O) groups excluding carboxylic acids is 1. The number of carbonyl (C=O) groups is 1. The molecule has 1 aliphatic carbocycles. The van der Waals surface area contributed by atoms with Gasteiger partial charge in [-0.1, -0.05) is 12.1 Å². The van der Waals surface area contributed by atoms with E-state index >= 15 is 0 Å². The highest BCUT2D eigenvalue weighted by Crippen LogP contribution is 2.27. The Morgan fingerprint density at radius 3 is 2.93 bits per heavy atom. The van der Waals surface area contributed by atoms with Crippen LogP contribution in [-0.2, 0) is 9.53 Å². The van der Waals surface area contributed by atoms with E-state index in [9.17, 15) is 14.3 Å². The molecule has 1 saturated heterocycles. The van der Waals surface area contributed by atoms with Gasteiger partial charge in [0.15, 0.2) is 0 Å². The zero-order valence-electron chi connectivity index (χ0n) is 16.3. The van der Waals surface area contributed by atoms with Crippen LogP contribution in [0.1, 0.15) is 19.3 Å². The third-order valence-electron chi connectivity index (χ3n) is 5.42. The highest BCUT2D eigenvalue weighted by atomic mass is 19.1. The third kappa shape index (κ3) is 5.53. The predicted octanol–water partition coefficient (Wildman–Crippen LogP) is 1.83. The van der Waals surface area contributed by atoms with Crippen LogP contribution >= 0.6 is 0 Å². The molecule has 1 saturated carbocycles. The van der Waals surface area contributed by atoms with Crippen LogP contribution in [-0.4, -0.2) is 79.0 Å². The number of rotatable bonds is 6. The number of morpholine rings is 1. The van der Waals surface area contributed by atoms with Crippen LogP contribution in [0.25, 0.3) is 0 Å². The van der Waals surface area contributed by atoms with Gasteiger partial charge in [-0.3, -0.25) is 9.69 Å². The first-order chi connectivity index (χ1) is 13.5. The number of aliphatic hydroxyl groups excluding tert-OH is 1. The van der Waals surface area contributed by atoms with Gasteiger partial charge >= 0.3 is 0 Å². The van der Waals surface area contributed by atoms with Gasteiger partial charge < -0.3 is 19.5 Å². The first-order valence-corrected chi connectivity index (χ1v) is 9.88. The molecule has 3 atom stereocenters. The second-order valence-corrected chi connectivity index (χ2v) is 7.37. The molecular weight excluding hydrogens is 363 g/mol. The van der Waals surface area contributed by atoms with Crippen molar-refractivity contribution in [2.75, 3.05) is 39.9 Å². The fourth-order valence-corrected chi connectivity index (χ4v) is 3.75. The zero-order valence-corrected chi connectivity index (χ0v) is 16.3. The van der Waals surface area contributed by atoms with Crippen molar-refractivity contribution < 1.29 is 23.8 Å². The Labute approximate surface area is 165 Å². The standard InChI is InChI=1S/C21H29FN2O4/c1-23(20(25)9-4-10-24-11-13-27-14-12-24)18-7-3-8-19(21(18)26)28-17-6-2-5-16(22)15-17/h2,4-6,9,15,18-19,21,26H,3,7-8,10-14H2,1H3/t18-,19-,21-/m1/s1. The molecule has 154 valence electrons. The van der Waals surface area contributed by atoms with Gasteiger partial charge in [0.1, 0.15) is 23.8 Å². The summed E-state index contributed by atoms with van der Waals surface area (Å²) in [4.78, 5) is 16.3. The van der Waals surface area contributed by atoms with Crippen LogP contribution in [0.5, 0.6) is 5.75 Å². The number of benzene rings is 1. The molecule has 1 aromatic rings. The van der Waals surface area contributed by atoms with Gasteiger partial charge in [-0.25, -0.2) is 4.39 Å². The summed E-state index contributed by atoms with van der Waals surface area (Å²) in [6, 6.07) is 5.57. The van der Waals surface area contributed by atoms with Crippen molar-refractivity contribution in [1.82, 2.24) is 9.80 Å². The van der Waals surface area contributed by atoms with E-state index in [0.29, 0.717) is 25.1 Å². The summed E-state index contributed by atoms with van der Waals surface area (Å²) in [6.07, 6.45) is 4.36. The molecule has 0 bridgehead atoms. The highest BCUT2D eigenvalue weighted by molar-refractivity contribution is 5.87. The van der Waals surface area contributed by atoms with Gasteiger partial charge in [-0.15, -0.1) is 0 Å². The van der Waals surface area contributed by atoms with E-state index < -0.39 is 12.2 Å². The molecule has 0 aromatic heterocycles. The fourth-order valence-electron chi connectivity index (χ4n) is 3.75. The van der Waals surface area contributed by atoms with Crippen LogP contribution in [0.2, 0.25) is 0 Å². The average molecular weight is 392 g/mol. The summed E-state index contributed by atoms with van der Waals surface area (Å²) in [5, 5.41) is 10.7. The fraction of sp³-hybridized carbons (Fsp3) is 0.571. The van der Waals surface area contributed by atoms with E-state index in [1.807, 2.05) is 6.08 Å². The van der Waals surface area contributed by atoms with Crippen LogP contribution in [0.15, 0.2) is 36.4 Å². The maximum atomic E-state index is 13.4. The molecule has 1 aromatic carbocycles. The molecule has 1 N–H and O–H groups in total. The number of likely N-dealkylation sites (N-methyl/N-ethyl adjacent to an activating group) is 1. The topological polar surface area (TPSA) is 62.2 Å². The molecule has 2 fully saturated rings. The van der Waals surface area contributed by atoms with Crippen molar-refractivity contribution in [2.45, 2.75) is 37.5 Å². The van der Waals surface area contributed by atoms with Gasteiger partial charge in [-0.2, -0.15) is 0 Å². The number of ether oxygens (including phenoxy) is 2. The molecule has 28 heavy (non-hydrogen) atoms. The minimum absolute atomic E-state index is 0.135. The summed E-state index contributed by atoms with van der Waals surface area (Å²) in [5.41, 5.74) is 0. The average Bonchev–Trinajstić information content (AvgIpc) is 2.70.